The van der Waals surface area contributed by atoms with Crippen molar-refractivity contribution < 1.29 is 14.3 Å². The Balaban J connectivity index is 1.97. The number of methoxy groups -OCH3 is 1. The normalized spacial score (nSPS) is 20.0. The van der Waals surface area contributed by atoms with Gasteiger partial charge >= 0.3 is 0 Å². The summed E-state index contributed by atoms with van der Waals surface area (Å²) < 4.78 is 5.08. The summed E-state index contributed by atoms with van der Waals surface area (Å²) in [5.74, 6) is -0.548. The first-order valence-electron chi connectivity index (χ1n) is 7.65. The molecule has 2 heterocycles. The zero-order chi connectivity index (χ0) is 17.2. The van der Waals surface area contributed by atoms with E-state index in [0.29, 0.717) is 18.3 Å². The van der Waals surface area contributed by atoms with E-state index < -0.39 is 0 Å². The quantitative estimate of drug-likeness (QED) is 0.881. The van der Waals surface area contributed by atoms with Gasteiger partial charge in [-0.15, -0.1) is 10.2 Å². The Morgan fingerprint density at radius 1 is 1.48 bits per heavy atom. The smallest absolute Gasteiger partial charge is 0.231 e. The summed E-state index contributed by atoms with van der Waals surface area (Å²) >= 11 is 1.37. The summed E-state index contributed by atoms with van der Waals surface area (Å²) in [5, 5.41) is 12.3. The third-order valence-electron chi connectivity index (χ3n) is 3.77. The number of nitrogens with zero attached hydrogens (tertiary/aromatic N) is 3. The first-order valence-corrected chi connectivity index (χ1v) is 8.47. The maximum atomic E-state index is 12.4. The van der Waals surface area contributed by atoms with Crippen LogP contribution in [0.5, 0.6) is 0 Å². The molecule has 0 aromatic carbocycles. The van der Waals surface area contributed by atoms with Gasteiger partial charge in [0.2, 0.25) is 16.9 Å². The monoisotopic (exact) mass is 340 g/mol. The van der Waals surface area contributed by atoms with Crippen LogP contribution in [-0.4, -0.2) is 53.2 Å². The zero-order valence-corrected chi connectivity index (χ0v) is 15.1. The minimum atomic E-state index is -0.358. The van der Waals surface area contributed by atoms with Crippen LogP contribution in [0.15, 0.2) is 0 Å². The predicted octanol–water partition coefficient (Wildman–Crippen LogP) is 1.66. The predicted molar refractivity (Wildman–Crippen MR) is 88.4 cm³/mol. The second-order valence-electron chi connectivity index (χ2n) is 6.90. The third kappa shape index (κ3) is 4.26. The molecule has 8 heteroatoms. The van der Waals surface area contributed by atoms with Gasteiger partial charge in [-0.1, -0.05) is 32.1 Å². The molecule has 1 aromatic rings. The fourth-order valence-corrected chi connectivity index (χ4v) is 3.25. The van der Waals surface area contributed by atoms with Crippen molar-refractivity contribution in [3.05, 3.63) is 5.01 Å². The van der Waals surface area contributed by atoms with Crippen LogP contribution in [0.3, 0.4) is 0 Å². The highest BCUT2D eigenvalue weighted by molar-refractivity contribution is 7.15. The molecule has 7 nitrogen and oxygen atoms in total. The average molecular weight is 340 g/mol. The molecule has 0 saturated carbocycles. The Bertz CT molecular complexity index is 582. The lowest BCUT2D eigenvalue weighted by atomic mass is 9.98. The summed E-state index contributed by atoms with van der Waals surface area (Å²) in [4.78, 5) is 26.1. The number of carbonyl (C=O) groups is 2. The molecule has 0 aliphatic carbocycles. The number of nitrogens with one attached hydrogen (secondary N) is 1. The van der Waals surface area contributed by atoms with Crippen LogP contribution in [0, 0.1) is 5.92 Å². The zero-order valence-electron chi connectivity index (χ0n) is 14.3. The summed E-state index contributed by atoms with van der Waals surface area (Å²) in [6.07, 6.45) is 0.227. The van der Waals surface area contributed by atoms with E-state index in [1.807, 2.05) is 27.7 Å². The van der Waals surface area contributed by atoms with Gasteiger partial charge in [-0.2, -0.15) is 0 Å². The molecule has 0 spiro atoms. The molecule has 1 aliphatic heterocycles. The number of hydrogen-bond acceptors (Lipinski definition) is 6. The molecular weight excluding hydrogens is 316 g/mol. The number of anilines is 1. The average Bonchev–Trinajstić information content (AvgIpc) is 3.05. The van der Waals surface area contributed by atoms with Crippen molar-refractivity contribution in [1.82, 2.24) is 15.1 Å². The standard InChI is InChI=1S/C15H24N4O3S/c1-9(8-22-5)19-7-10(6-11(19)20)12(21)16-14-18-17-13(23-14)15(2,3)4/h9-10H,6-8H2,1-5H3,(H,16,18,21). The number of hydrogen-bond donors (Lipinski definition) is 1. The maximum Gasteiger partial charge on any atom is 0.231 e. The maximum absolute atomic E-state index is 12.4. The van der Waals surface area contributed by atoms with Gasteiger partial charge in [0.25, 0.3) is 0 Å². The molecule has 0 bridgehead atoms. The molecule has 0 radical (unpaired) electrons. The number of carbonyl (C=O) groups excluding carboxylic acids is 2. The van der Waals surface area contributed by atoms with Crippen molar-refractivity contribution >= 4 is 28.3 Å². The second kappa shape index (κ2) is 6.92. The number of amides is 2. The number of aromatic nitrogens is 2. The van der Waals surface area contributed by atoms with Crippen LogP contribution in [0.4, 0.5) is 5.13 Å². The highest BCUT2D eigenvalue weighted by Crippen LogP contribution is 2.28. The number of likely N-dealkylation sites (tertiary alicyclic amines) is 1. The lowest BCUT2D eigenvalue weighted by Crippen LogP contribution is -2.38. The second-order valence-corrected chi connectivity index (χ2v) is 7.88. The molecule has 1 N–H and O–H groups in total. The molecule has 1 saturated heterocycles. The van der Waals surface area contributed by atoms with Crippen LogP contribution >= 0.6 is 11.3 Å². The van der Waals surface area contributed by atoms with Crippen LogP contribution in [0.1, 0.15) is 39.1 Å². The number of ether oxygens (including phenoxy) is 1. The van der Waals surface area contributed by atoms with Crippen molar-refractivity contribution in [3.63, 3.8) is 0 Å². The summed E-state index contributed by atoms with van der Waals surface area (Å²) in [6, 6.07) is -0.0284. The van der Waals surface area contributed by atoms with Crippen molar-refractivity contribution in [2.24, 2.45) is 5.92 Å². The Morgan fingerprint density at radius 3 is 2.74 bits per heavy atom. The molecule has 1 aliphatic rings. The van der Waals surface area contributed by atoms with E-state index >= 15 is 0 Å². The highest BCUT2D eigenvalue weighted by atomic mass is 32.1. The highest BCUT2D eigenvalue weighted by Gasteiger charge is 2.37. The van der Waals surface area contributed by atoms with E-state index in [1.165, 1.54) is 11.3 Å². The Hall–Kier alpha value is -1.54. The van der Waals surface area contributed by atoms with Crippen molar-refractivity contribution in [1.29, 1.82) is 0 Å². The van der Waals surface area contributed by atoms with Gasteiger partial charge in [-0.25, -0.2) is 0 Å². The Kier molecular flexibility index (Phi) is 5.36. The largest absolute Gasteiger partial charge is 0.383 e. The molecule has 23 heavy (non-hydrogen) atoms. The van der Waals surface area contributed by atoms with Crippen LogP contribution in [-0.2, 0) is 19.7 Å². The summed E-state index contributed by atoms with van der Waals surface area (Å²) in [7, 11) is 1.60. The van der Waals surface area contributed by atoms with Crippen molar-refractivity contribution in [3.8, 4) is 0 Å². The molecular formula is C15H24N4O3S. The van der Waals surface area contributed by atoms with E-state index in [0.717, 1.165) is 5.01 Å². The third-order valence-corrected chi connectivity index (χ3v) is 5.03. The van der Waals surface area contributed by atoms with E-state index in [9.17, 15) is 9.59 Å². The van der Waals surface area contributed by atoms with E-state index in [2.05, 4.69) is 15.5 Å². The minimum absolute atomic E-state index is 0.0117. The topological polar surface area (TPSA) is 84.4 Å². The van der Waals surface area contributed by atoms with Crippen molar-refractivity contribution in [2.75, 3.05) is 25.6 Å². The minimum Gasteiger partial charge on any atom is -0.383 e. The van der Waals surface area contributed by atoms with E-state index in [-0.39, 0.29) is 35.6 Å². The molecule has 2 unspecified atom stereocenters. The molecule has 1 fully saturated rings. The summed E-state index contributed by atoms with van der Waals surface area (Å²) in [5.41, 5.74) is -0.101. The van der Waals surface area contributed by atoms with E-state index in [1.54, 1.807) is 12.0 Å². The van der Waals surface area contributed by atoms with Crippen molar-refractivity contribution in [2.45, 2.75) is 45.6 Å². The fourth-order valence-electron chi connectivity index (χ4n) is 2.45. The van der Waals surface area contributed by atoms with Crippen LogP contribution in [0.2, 0.25) is 0 Å². The van der Waals surface area contributed by atoms with Gasteiger partial charge in [0.05, 0.1) is 18.6 Å². The van der Waals surface area contributed by atoms with E-state index in [4.69, 9.17) is 4.74 Å². The Morgan fingerprint density at radius 2 is 2.17 bits per heavy atom. The SMILES string of the molecule is COCC(C)N1CC(C(=O)Nc2nnc(C(C)(C)C)s2)CC1=O. The summed E-state index contributed by atoms with van der Waals surface area (Å²) in [6.45, 7) is 8.94. The molecule has 2 rings (SSSR count). The van der Waals surface area contributed by atoms with Crippen LogP contribution < -0.4 is 5.32 Å². The van der Waals surface area contributed by atoms with Gasteiger partial charge in [0, 0.05) is 25.5 Å². The Labute approximate surface area is 140 Å². The van der Waals surface area contributed by atoms with Gasteiger partial charge in [-0.05, 0) is 6.92 Å². The molecule has 2 atom stereocenters. The lowest BCUT2D eigenvalue weighted by Gasteiger charge is -2.23. The first kappa shape index (κ1) is 17.8. The number of rotatable bonds is 5. The lowest BCUT2D eigenvalue weighted by molar-refractivity contribution is -0.130. The van der Waals surface area contributed by atoms with Gasteiger partial charge < -0.3 is 15.0 Å². The van der Waals surface area contributed by atoms with Crippen LogP contribution in [0.25, 0.3) is 0 Å². The molecule has 128 valence electrons. The molecule has 2 amide bonds. The molecule has 1 aromatic heterocycles. The van der Waals surface area contributed by atoms with Gasteiger partial charge in [0.15, 0.2) is 0 Å². The first-order chi connectivity index (χ1) is 10.7. The van der Waals surface area contributed by atoms with Gasteiger partial charge in [-0.3, -0.25) is 9.59 Å². The van der Waals surface area contributed by atoms with Gasteiger partial charge in [0.1, 0.15) is 5.01 Å². The fraction of sp³-hybridized carbons (Fsp3) is 0.733.